The Morgan fingerprint density at radius 2 is 1.13 bits per heavy atom. The minimum atomic E-state index is -0.368. The summed E-state index contributed by atoms with van der Waals surface area (Å²) in [4.78, 5) is 40.5. The highest BCUT2D eigenvalue weighted by atomic mass is 35.5. The molecule has 0 radical (unpaired) electrons. The first kappa shape index (κ1) is 41.5. The van der Waals surface area contributed by atoms with Crippen molar-refractivity contribution in [3.8, 4) is 0 Å². The van der Waals surface area contributed by atoms with Crippen molar-refractivity contribution in [2.45, 2.75) is 64.1 Å². The van der Waals surface area contributed by atoms with Crippen LogP contribution in [0.25, 0.3) is 0 Å². The Morgan fingerprint density at radius 1 is 0.603 bits per heavy atom. The molecular formula is C53H45Cl2N4O2S2+. The second kappa shape index (κ2) is 16.3. The van der Waals surface area contributed by atoms with Crippen molar-refractivity contribution in [1.29, 1.82) is 0 Å². The Hall–Kier alpha value is -5.48. The van der Waals surface area contributed by atoms with Crippen LogP contribution in [0.5, 0.6) is 0 Å². The van der Waals surface area contributed by atoms with Crippen molar-refractivity contribution < 1.29 is 14.5 Å². The van der Waals surface area contributed by atoms with Crippen molar-refractivity contribution in [3.63, 3.8) is 0 Å². The lowest BCUT2D eigenvalue weighted by molar-refractivity contribution is -0.841. The van der Waals surface area contributed by atoms with Crippen LogP contribution in [-0.4, -0.2) is 30.9 Å². The lowest BCUT2D eigenvalue weighted by Gasteiger charge is -2.33. The number of anilines is 5. The fraction of sp³-hybridized carbons (Fsp3) is 0.170. The predicted molar refractivity (Wildman–Crippen MR) is 260 cm³/mol. The van der Waals surface area contributed by atoms with E-state index in [1.54, 1.807) is 23.5 Å². The van der Waals surface area contributed by atoms with Crippen LogP contribution in [0.15, 0.2) is 189 Å². The van der Waals surface area contributed by atoms with Gasteiger partial charge in [-0.1, -0.05) is 139 Å². The molecule has 0 saturated heterocycles. The summed E-state index contributed by atoms with van der Waals surface area (Å²) in [5, 5.41) is 1.18. The van der Waals surface area contributed by atoms with Gasteiger partial charge in [0, 0.05) is 52.0 Å². The number of nitrogens with one attached hydrogen (secondary N) is 1. The average molecular weight is 905 g/mol. The largest absolute Gasteiger partial charge is 0.335 e. The molecule has 2 unspecified atom stereocenters. The average Bonchev–Trinajstić information content (AvgIpc) is 3.62. The number of quaternary nitrogens is 1. The zero-order valence-electron chi connectivity index (χ0n) is 35.3. The summed E-state index contributed by atoms with van der Waals surface area (Å²) in [5.74, 6) is -0.0453. The van der Waals surface area contributed by atoms with Crippen LogP contribution in [0.1, 0.15) is 38.8 Å². The first-order valence-electron chi connectivity index (χ1n) is 21.1. The maximum Gasteiger partial charge on any atom is 0.287 e. The van der Waals surface area contributed by atoms with E-state index in [0.717, 1.165) is 64.3 Å². The van der Waals surface area contributed by atoms with Gasteiger partial charge in [0.1, 0.15) is 18.3 Å². The van der Waals surface area contributed by atoms with Crippen molar-refractivity contribution in [2.24, 2.45) is 0 Å². The van der Waals surface area contributed by atoms with Crippen LogP contribution in [-0.2, 0) is 20.4 Å². The standard InChI is InChI=1S/C53H44Cl2N4O2S2/c1-52(2)36-16-8-10-18-38(36)56(32-50(60)58-40-20-12-14-22-44(40)62-46-28-26-34(54)30-42(46)58)48(52)24-6-5-7-25-49-53(3,4)37-17-9-11-19-39(37)57(49)33-51(61)59-41-21-13-15-23-45(41)63-47-29-27-35(55)31-43(47)59/h5-31,48H,32-33H2,1-4H3/p+1/b7-5+,24-6+,49-25-. The fourth-order valence-electron chi connectivity index (χ4n) is 9.80. The summed E-state index contributed by atoms with van der Waals surface area (Å²) in [6, 6.07) is 44.5. The minimum Gasteiger partial charge on any atom is -0.335 e. The summed E-state index contributed by atoms with van der Waals surface area (Å²) < 4.78 is 0. The Kier molecular flexibility index (Phi) is 10.7. The van der Waals surface area contributed by atoms with E-state index >= 15 is 0 Å². The second-order valence-corrected chi connectivity index (χ2v) is 20.4. The Labute approximate surface area is 387 Å². The van der Waals surface area contributed by atoms with Gasteiger partial charge in [-0.2, -0.15) is 0 Å². The predicted octanol–water partition coefficient (Wildman–Crippen LogP) is 12.6. The molecule has 4 aliphatic rings. The van der Waals surface area contributed by atoms with Gasteiger partial charge in [0.15, 0.2) is 6.54 Å². The number of hydrogen-bond donors (Lipinski definition) is 1. The molecule has 0 aromatic heterocycles. The number of amides is 2. The summed E-state index contributed by atoms with van der Waals surface area (Å²) in [6.07, 6.45) is 10.6. The highest BCUT2D eigenvalue weighted by Gasteiger charge is 2.49. The molecule has 6 nitrogen and oxygen atoms in total. The first-order valence-corrected chi connectivity index (χ1v) is 23.5. The number of hydrogen-bond acceptors (Lipinski definition) is 5. The van der Waals surface area contributed by atoms with Crippen molar-refractivity contribution in [3.05, 3.63) is 191 Å². The van der Waals surface area contributed by atoms with Gasteiger partial charge >= 0.3 is 0 Å². The van der Waals surface area contributed by atoms with Crippen LogP contribution in [0.4, 0.5) is 34.1 Å². The van der Waals surface area contributed by atoms with Gasteiger partial charge in [-0.3, -0.25) is 24.3 Å². The molecule has 2 atom stereocenters. The highest BCUT2D eigenvalue weighted by Crippen LogP contribution is 2.52. The zero-order valence-corrected chi connectivity index (χ0v) is 38.5. The van der Waals surface area contributed by atoms with Gasteiger partial charge in [0.25, 0.3) is 11.8 Å². The number of rotatable bonds is 7. The summed E-state index contributed by atoms with van der Waals surface area (Å²) >= 11 is 16.4. The van der Waals surface area contributed by atoms with Crippen LogP contribution >= 0.6 is 46.7 Å². The van der Waals surface area contributed by atoms with E-state index in [2.05, 4.69) is 118 Å². The molecule has 2 amide bonds. The Bertz CT molecular complexity index is 2940. The number of carbonyl (C=O) groups is 2. The zero-order chi connectivity index (χ0) is 43.6. The van der Waals surface area contributed by atoms with E-state index < -0.39 is 0 Å². The number of para-hydroxylation sites is 4. The SMILES string of the molecule is CC1(C)/C(=C/C=C/C=C/C2[NH+](CC(=O)N3c4ccccc4Sc4ccc(Cl)cc43)c3ccccc3C2(C)C)N(CC(=O)N2c3ccccc3Sc3ccc(Cl)cc32)c2ccccc21. The number of halogens is 2. The first-order chi connectivity index (χ1) is 30.4. The van der Waals surface area contributed by atoms with Crippen molar-refractivity contribution >= 4 is 92.7 Å². The van der Waals surface area contributed by atoms with E-state index in [-0.39, 0.29) is 41.8 Å². The third kappa shape index (κ3) is 7.22. The second-order valence-electron chi connectivity index (χ2n) is 17.3. The van der Waals surface area contributed by atoms with E-state index in [9.17, 15) is 9.59 Å². The lowest BCUT2D eigenvalue weighted by Crippen LogP contribution is -3.12. The summed E-state index contributed by atoms with van der Waals surface area (Å²) in [7, 11) is 0. The van der Waals surface area contributed by atoms with Crippen molar-refractivity contribution in [1.82, 2.24) is 0 Å². The quantitative estimate of drug-likeness (QED) is 0.162. The third-order valence-electron chi connectivity index (χ3n) is 12.8. The molecule has 0 aliphatic carbocycles. The molecule has 0 bridgehead atoms. The number of benzene rings is 6. The molecule has 0 fully saturated rings. The maximum atomic E-state index is 14.7. The molecule has 6 aromatic rings. The molecule has 10 heteroatoms. The van der Waals surface area contributed by atoms with Crippen molar-refractivity contribution in [2.75, 3.05) is 27.8 Å². The van der Waals surface area contributed by atoms with E-state index in [1.165, 1.54) is 11.1 Å². The van der Waals surface area contributed by atoms with Gasteiger partial charge in [-0.05, 0) is 104 Å². The van der Waals surface area contributed by atoms with Gasteiger partial charge in [0.05, 0.1) is 28.2 Å². The van der Waals surface area contributed by atoms with Crippen LogP contribution in [0, 0.1) is 0 Å². The topological polar surface area (TPSA) is 48.3 Å². The molecule has 4 aliphatic heterocycles. The molecule has 63 heavy (non-hydrogen) atoms. The summed E-state index contributed by atoms with van der Waals surface area (Å²) in [5.41, 5.74) is 8.29. The number of allylic oxidation sites excluding steroid dienone is 5. The molecule has 4 heterocycles. The molecule has 0 saturated carbocycles. The molecule has 10 rings (SSSR count). The molecule has 0 spiro atoms. The normalized spacial score (nSPS) is 19.5. The smallest absolute Gasteiger partial charge is 0.287 e. The Morgan fingerprint density at radius 3 is 1.76 bits per heavy atom. The fourth-order valence-corrected chi connectivity index (χ4v) is 12.2. The van der Waals surface area contributed by atoms with Gasteiger partial charge in [-0.25, -0.2) is 0 Å². The van der Waals surface area contributed by atoms with Crippen LogP contribution in [0.2, 0.25) is 10.0 Å². The van der Waals surface area contributed by atoms with Gasteiger partial charge in [0.2, 0.25) is 0 Å². The molecular weight excluding hydrogens is 860 g/mol. The molecule has 314 valence electrons. The van der Waals surface area contributed by atoms with Crippen LogP contribution in [0.3, 0.4) is 0 Å². The lowest BCUT2D eigenvalue weighted by atomic mass is 9.80. The van der Waals surface area contributed by atoms with Gasteiger partial charge < -0.3 is 4.90 Å². The number of carbonyl (C=O) groups excluding carboxylic acids is 2. The van der Waals surface area contributed by atoms with E-state index in [0.29, 0.717) is 10.0 Å². The minimum absolute atomic E-state index is 0.00324. The number of nitrogens with zero attached hydrogens (tertiary/aromatic N) is 3. The van der Waals surface area contributed by atoms with E-state index in [1.807, 2.05) is 88.7 Å². The monoisotopic (exact) mass is 903 g/mol. The number of fused-ring (bicyclic) bond motifs is 6. The molecule has 1 N–H and O–H groups in total. The Balaban J connectivity index is 0.950. The summed E-state index contributed by atoms with van der Waals surface area (Å²) in [6.45, 7) is 9.36. The highest BCUT2D eigenvalue weighted by molar-refractivity contribution is 8.00. The maximum absolute atomic E-state index is 14.7. The van der Waals surface area contributed by atoms with Gasteiger partial charge in [-0.15, -0.1) is 0 Å². The van der Waals surface area contributed by atoms with Crippen LogP contribution < -0.4 is 19.6 Å². The third-order valence-corrected chi connectivity index (χ3v) is 15.5. The van der Waals surface area contributed by atoms with E-state index in [4.69, 9.17) is 23.2 Å². The molecule has 6 aromatic carbocycles.